The van der Waals surface area contributed by atoms with Crippen LogP contribution in [-0.2, 0) is 6.42 Å². The van der Waals surface area contributed by atoms with Crippen molar-refractivity contribution in [1.82, 2.24) is 4.98 Å². The molecule has 4 rings (SSSR count). The Hall–Kier alpha value is -3.13. The molecular weight excluding hydrogens is 432 g/mol. The van der Waals surface area contributed by atoms with Crippen molar-refractivity contribution in [1.29, 1.82) is 5.26 Å². The van der Waals surface area contributed by atoms with E-state index >= 15 is 0 Å². The molecule has 0 unspecified atom stereocenters. The van der Waals surface area contributed by atoms with Crippen LogP contribution in [-0.4, -0.2) is 18.1 Å². The SMILES string of the molecule is CC(C)(CCC(C)(C)[Si](O)(c1ccccc1)c1ccccc1)Cc1c[nH]c2ccc(C#N)cc12. The van der Waals surface area contributed by atoms with Crippen LogP contribution >= 0.6 is 0 Å². The van der Waals surface area contributed by atoms with Crippen molar-refractivity contribution in [2.45, 2.75) is 52.0 Å². The van der Waals surface area contributed by atoms with E-state index in [4.69, 9.17) is 0 Å². The fraction of sp³-hybridized carbons (Fsp3) is 0.300. The largest absolute Gasteiger partial charge is 0.424 e. The molecule has 0 fully saturated rings. The van der Waals surface area contributed by atoms with Gasteiger partial charge in [-0.3, -0.25) is 0 Å². The Morgan fingerprint density at radius 2 is 1.44 bits per heavy atom. The van der Waals surface area contributed by atoms with E-state index in [-0.39, 0.29) is 10.5 Å². The summed E-state index contributed by atoms with van der Waals surface area (Å²) in [5.74, 6) is 0. The standard InChI is InChI=1S/C30H34N2OSi/c1-29(2,20-24-22-32-28-16-15-23(21-31)19-27(24)28)17-18-30(3,4)34(33,25-11-7-5-8-12-25)26-13-9-6-10-14-26/h5-16,19,22,32-33H,17-18,20H2,1-4H3. The van der Waals surface area contributed by atoms with Gasteiger partial charge in [0.25, 0.3) is 8.32 Å². The first kappa shape index (κ1) is 24.0. The van der Waals surface area contributed by atoms with Gasteiger partial charge in [0.2, 0.25) is 0 Å². The van der Waals surface area contributed by atoms with Crippen molar-refractivity contribution < 1.29 is 4.80 Å². The summed E-state index contributed by atoms with van der Waals surface area (Å²) in [6.45, 7) is 9.09. The Morgan fingerprint density at radius 3 is 2.00 bits per heavy atom. The molecule has 0 spiro atoms. The second-order valence-corrected chi connectivity index (χ2v) is 14.8. The highest BCUT2D eigenvalue weighted by atomic mass is 28.4. The molecule has 0 amide bonds. The van der Waals surface area contributed by atoms with Gasteiger partial charge < -0.3 is 9.78 Å². The molecule has 2 N–H and O–H groups in total. The maximum atomic E-state index is 12.4. The zero-order chi connectivity index (χ0) is 24.4. The molecule has 4 heteroatoms. The van der Waals surface area contributed by atoms with Crippen molar-refractivity contribution in [3.05, 3.63) is 96.2 Å². The minimum Gasteiger partial charge on any atom is -0.424 e. The molecule has 0 aliphatic heterocycles. The van der Waals surface area contributed by atoms with Gasteiger partial charge in [-0.25, -0.2) is 0 Å². The number of aromatic amines is 1. The van der Waals surface area contributed by atoms with Crippen molar-refractivity contribution in [2.24, 2.45) is 5.41 Å². The van der Waals surface area contributed by atoms with Gasteiger partial charge in [-0.1, -0.05) is 88.4 Å². The molecule has 3 nitrogen and oxygen atoms in total. The average molecular weight is 467 g/mol. The number of rotatable bonds is 8. The van der Waals surface area contributed by atoms with Crippen molar-refractivity contribution in [2.75, 3.05) is 0 Å². The second kappa shape index (κ2) is 9.25. The zero-order valence-corrected chi connectivity index (χ0v) is 21.6. The van der Waals surface area contributed by atoms with Gasteiger partial charge in [0.1, 0.15) is 0 Å². The maximum absolute atomic E-state index is 12.4. The van der Waals surface area contributed by atoms with Crippen LogP contribution in [0.1, 0.15) is 51.7 Å². The first-order chi connectivity index (χ1) is 16.2. The average Bonchev–Trinajstić information content (AvgIpc) is 3.24. The number of aromatic nitrogens is 1. The normalized spacial score (nSPS) is 12.6. The summed E-state index contributed by atoms with van der Waals surface area (Å²) in [5, 5.41) is 12.3. The molecule has 1 aromatic heterocycles. The van der Waals surface area contributed by atoms with Crippen molar-refractivity contribution >= 4 is 29.6 Å². The Morgan fingerprint density at radius 1 is 0.853 bits per heavy atom. The minimum absolute atomic E-state index is 0.0394. The lowest BCUT2D eigenvalue weighted by molar-refractivity contribution is 0.298. The molecule has 0 aliphatic rings. The third kappa shape index (κ3) is 4.59. The van der Waals surface area contributed by atoms with Gasteiger partial charge in [-0.2, -0.15) is 5.26 Å². The molecule has 0 bridgehead atoms. The quantitative estimate of drug-likeness (QED) is 0.317. The van der Waals surface area contributed by atoms with E-state index < -0.39 is 8.32 Å². The number of hydrogen-bond acceptors (Lipinski definition) is 2. The van der Waals surface area contributed by atoms with Crippen molar-refractivity contribution in [3.63, 3.8) is 0 Å². The molecule has 1 heterocycles. The number of nitriles is 1. The highest BCUT2D eigenvalue weighted by Gasteiger charge is 2.50. The van der Waals surface area contributed by atoms with Crippen LogP contribution < -0.4 is 10.4 Å². The molecule has 0 saturated heterocycles. The van der Waals surface area contributed by atoms with Crippen molar-refractivity contribution in [3.8, 4) is 6.07 Å². The van der Waals surface area contributed by atoms with Gasteiger partial charge >= 0.3 is 0 Å². The summed E-state index contributed by atoms with van der Waals surface area (Å²) in [6.07, 6.45) is 4.89. The molecule has 0 aliphatic carbocycles. The lowest BCUT2D eigenvalue weighted by atomic mass is 9.80. The number of hydrogen-bond donors (Lipinski definition) is 2. The topological polar surface area (TPSA) is 59.8 Å². The number of H-pyrrole nitrogens is 1. The summed E-state index contributed by atoms with van der Waals surface area (Å²) in [4.78, 5) is 15.8. The van der Waals surface area contributed by atoms with E-state index in [9.17, 15) is 10.1 Å². The van der Waals surface area contributed by atoms with Crippen LogP contribution in [0.5, 0.6) is 0 Å². The third-order valence-electron chi connectivity index (χ3n) is 7.35. The molecule has 0 radical (unpaired) electrons. The first-order valence-electron chi connectivity index (χ1n) is 12.0. The van der Waals surface area contributed by atoms with E-state index in [0.29, 0.717) is 5.56 Å². The van der Waals surface area contributed by atoms with Gasteiger partial charge in [0.05, 0.1) is 11.6 Å². The molecule has 34 heavy (non-hydrogen) atoms. The smallest absolute Gasteiger partial charge is 0.258 e. The Labute approximate surface area is 204 Å². The summed E-state index contributed by atoms with van der Waals surface area (Å²) in [7, 11) is -3.01. The van der Waals surface area contributed by atoms with Crippen LogP contribution in [0.4, 0.5) is 0 Å². The first-order valence-corrected chi connectivity index (χ1v) is 13.9. The minimum atomic E-state index is -3.01. The van der Waals surface area contributed by atoms with Crippen LogP contribution in [0.15, 0.2) is 85.1 Å². The number of nitrogens with zero attached hydrogens (tertiary/aromatic N) is 1. The highest BCUT2D eigenvalue weighted by molar-refractivity contribution is 6.98. The van der Waals surface area contributed by atoms with E-state index in [2.05, 4.69) is 69.2 Å². The predicted molar refractivity (Wildman–Crippen MR) is 144 cm³/mol. The third-order valence-corrected chi connectivity index (χ3v) is 11.9. The molecule has 0 saturated carbocycles. The van der Waals surface area contributed by atoms with E-state index in [1.807, 2.05) is 54.6 Å². The summed E-state index contributed by atoms with van der Waals surface area (Å²) in [6, 6.07) is 28.6. The van der Waals surface area contributed by atoms with Gasteiger partial charge in [0, 0.05) is 17.1 Å². The molecule has 4 aromatic rings. The highest BCUT2D eigenvalue weighted by Crippen LogP contribution is 2.43. The molecule has 3 aromatic carbocycles. The van der Waals surface area contributed by atoms with Gasteiger partial charge in [0.15, 0.2) is 0 Å². The fourth-order valence-corrected chi connectivity index (χ4v) is 8.87. The zero-order valence-electron chi connectivity index (χ0n) is 20.6. The fourth-order valence-electron chi connectivity index (χ4n) is 5.14. The number of benzene rings is 3. The summed E-state index contributed by atoms with van der Waals surface area (Å²) < 4.78 is 0. The molecule has 174 valence electrons. The lowest BCUT2D eigenvalue weighted by Gasteiger charge is -2.43. The monoisotopic (exact) mass is 466 g/mol. The predicted octanol–water partition coefficient (Wildman–Crippen LogP) is 5.92. The molecule has 0 atom stereocenters. The van der Waals surface area contributed by atoms with Crippen LogP contribution in [0.3, 0.4) is 0 Å². The number of nitrogens with one attached hydrogen (secondary N) is 1. The van der Waals surface area contributed by atoms with Crippen LogP contribution in [0.2, 0.25) is 5.04 Å². The van der Waals surface area contributed by atoms with E-state index in [0.717, 1.165) is 40.5 Å². The Bertz CT molecular complexity index is 1260. The molecular formula is C30H34N2OSi. The maximum Gasteiger partial charge on any atom is 0.258 e. The van der Waals surface area contributed by atoms with Gasteiger partial charge in [-0.05, 0) is 63.9 Å². The Balaban J connectivity index is 1.60. The van der Waals surface area contributed by atoms with E-state index in [1.54, 1.807) is 0 Å². The van der Waals surface area contributed by atoms with Crippen LogP contribution in [0, 0.1) is 16.7 Å². The number of fused-ring (bicyclic) bond motifs is 1. The lowest BCUT2D eigenvalue weighted by Crippen LogP contribution is -2.65. The summed E-state index contributed by atoms with van der Waals surface area (Å²) in [5.41, 5.74) is 3.04. The summed E-state index contributed by atoms with van der Waals surface area (Å²) >= 11 is 0. The van der Waals surface area contributed by atoms with Gasteiger partial charge in [-0.15, -0.1) is 0 Å². The van der Waals surface area contributed by atoms with E-state index in [1.165, 1.54) is 5.56 Å². The van der Waals surface area contributed by atoms with Crippen LogP contribution in [0.25, 0.3) is 10.9 Å². The Kier molecular flexibility index (Phi) is 6.53. The second-order valence-electron chi connectivity index (χ2n) is 10.9.